The summed E-state index contributed by atoms with van der Waals surface area (Å²) in [6.45, 7) is 3.24. The van der Waals surface area contributed by atoms with E-state index >= 15 is 0 Å². The lowest BCUT2D eigenvalue weighted by Gasteiger charge is -2.34. The third-order valence-corrected chi connectivity index (χ3v) is 4.80. The van der Waals surface area contributed by atoms with Gasteiger partial charge in [-0.2, -0.15) is 0 Å². The van der Waals surface area contributed by atoms with Crippen molar-refractivity contribution in [1.29, 1.82) is 0 Å². The molecular weight excluding hydrogens is 312 g/mol. The molecule has 0 radical (unpaired) electrons. The number of halogens is 1. The van der Waals surface area contributed by atoms with Gasteiger partial charge in [-0.1, -0.05) is 22.9 Å². The van der Waals surface area contributed by atoms with E-state index in [9.17, 15) is 4.79 Å². The number of nitrogens with two attached hydrogens (primary N) is 1. The Labute approximate surface area is 120 Å². The zero-order valence-corrected chi connectivity index (χ0v) is 12.8. The van der Waals surface area contributed by atoms with Crippen molar-refractivity contribution in [3.05, 3.63) is 28.2 Å². The molecule has 2 rings (SSSR count). The van der Waals surface area contributed by atoms with Crippen molar-refractivity contribution in [3.63, 3.8) is 0 Å². The number of fused-ring (bicyclic) bond motifs is 1. The molecule has 1 aromatic rings. The standard InChI is InChI=1S/C13H17BrN2OS/c1-2-16(8-13(15)17)11-5-6-18-12-4-3-9(14)7-10(11)12/h3-4,7,11H,2,5-6,8H2,1H3,(H2,15,17)/t11-/m1/s1. The van der Waals surface area contributed by atoms with Crippen LogP contribution in [0.15, 0.2) is 27.6 Å². The molecule has 98 valence electrons. The topological polar surface area (TPSA) is 46.3 Å². The Bertz CT molecular complexity index is 453. The van der Waals surface area contributed by atoms with Crippen molar-refractivity contribution in [2.24, 2.45) is 5.73 Å². The molecule has 5 heteroatoms. The number of carbonyl (C=O) groups is 1. The second-order valence-electron chi connectivity index (χ2n) is 4.36. The highest BCUT2D eigenvalue weighted by atomic mass is 79.9. The zero-order chi connectivity index (χ0) is 13.1. The fourth-order valence-electron chi connectivity index (χ4n) is 2.37. The number of amides is 1. The molecule has 0 spiro atoms. The van der Waals surface area contributed by atoms with Gasteiger partial charge < -0.3 is 5.73 Å². The van der Waals surface area contributed by atoms with Gasteiger partial charge in [-0.3, -0.25) is 9.69 Å². The summed E-state index contributed by atoms with van der Waals surface area (Å²) in [4.78, 5) is 14.6. The Balaban J connectivity index is 2.30. The van der Waals surface area contributed by atoms with Crippen LogP contribution in [-0.2, 0) is 4.79 Å². The monoisotopic (exact) mass is 328 g/mol. The molecular formula is C13H17BrN2OS. The van der Waals surface area contributed by atoms with Gasteiger partial charge >= 0.3 is 0 Å². The molecule has 1 atom stereocenters. The van der Waals surface area contributed by atoms with E-state index in [1.54, 1.807) is 0 Å². The SMILES string of the molecule is CCN(CC(N)=O)[C@@H]1CCSc2ccc(Br)cc21. The molecule has 1 amide bonds. The van der Waals surface area contributed by atoms with Crippen molar-refractivity contribution in [2.45, 2.75) is 24.3 Å². The van der Waals surface area contributed by atoms with Crippen LogP contribution in [0.2, 0.25) is 0 Å². The highest BCUT2D eigenvalue weighted by Crippen LogP contribution is 2.40. The Morgan fingerprint density at radius 1 is 1.61 bits per heavy atom. The van der Waals surface area contributed by atoms with Gasteiger partial charge in [-0.25, -0.2) is 0 Å². The highest BCUT2D eigenvalue weighted by Gasteiger charge is 2.26. The Hall–Kier alpha value is -0.520. The van der Waals surface area contributed by atoms with Crippen LogP contribution in [0, 0.1) is 0 Å². The molecule has 1 heterocycles. The minimum absolute atomic E-state index is 0.258. The largest absolute Gasteiger partial charge is 0.369 e. The van der Waals surface area contributed by atoms with Gasteiger partial charge in [-0.05, 0) is 42.5 Å². The van der Waals surface area contributed by atoms with E-state index in [1.807, 2.05) is 11.8 Å². The van der Waals surface area contributed by atoms with Gasteiger partial charge in [0, 0.05) is 15.4 Å². The summed E-state index contributed by atoms with van der Waals surface area (Å²) in [6.07, 6.45) is 1.06. The Morgan fingerprint density at radius 3 is 3.06 bits per heavy atom. The van der Waals surface area contributed by atoms with Crippen molar-refractivity contribution >= 4 is 33.6 Å². The summed E-state index contributed by atoms with van der Waals surface area (Å²) in [5, 5.41) is 0. The number of thioether (sulfide) groups is 1. The van der Waals surface area contributed by atoms with E-state index in [2.05, 4.69) is 46.0 Å². The first kappa shape index (κ1) is 13.9. The molecule has 0 aliphatic carbocycles. The van der Waals surface area contributed by atoms with Crippen LogP contribution in [0.5, 0.6) is 0 Å². The second-order valence-corrected chi connectivity index (χ2v) is 6.42. The van der Waals surface area contributed by atoms with Crippen LogP contribution < -0.4 is 5.73 Å². The van der Waals surface area contributed by atoms with Gasteiger partial charge in [0.25, 0.3) is 0 Å². The number of benzene rings is 1. The summed E-state index contributed by atoms with van der Waals surface area (Å²) >= 11 is 5.40. The van der Waals surface area contributed by atoms with Gasteiger partial charge in [0.1, 0.15) is 0 Å². The van der Waals surface area contributed by atoms with Crippen molar-refractivity contribution in [1.82, 2.24) is 4.90 Å². The average Bonchev–Trinajstić information content (AvgIpc) is 2.35. The predicted molar refractivity (Wildman–Crippen MR) is 78.7 cm³/mol. The van der Waals surface area contributed by atoms with Gasteiger partial charge in [0.05, 0.1) is 6.54 Å². The molecule has 0 saturated carbocycles. The number of nitrogens with zero attached hydrogens (tertiary/aromatic N) is 1. The Kier molecular flexibility index (Phi) is 4.70. The summed E-state index contributed by atoms with van der Waals surface area (Å²) < 4.78 is 1.09. The van der Waals surface area contributed by atoms with Gasteiger partial charge in [0.2, 0.25) is 5.91 Å². The maximum absolute atomic E-state index is 11.2. The first-order chi connectivity index (χ1) is 8.61. The molecule has 0 fully saturated rings. The van der Waals surface area contributed by atoms with E-state index < -0.39 is 0 Å². The van der Waals surface area contributed by atoms with Crippen LogP contribution in [0.3, 0.4) is 0 Å². The molecule has 1 aromatic carbocycles. The molecule has 0 unspecified atom stereocenters. The van der Waals surface area contributed by atoms with E-state index in [1.165, 1.54) is 10.5 Å². The molecule has 3 nitrogen and oxygen atoms in total. The zero-order valence-electron chi connectivity index (χ0n) is 10.4. The highest BCUT2D eigenvalue weighted by molar-refractivity contribution is 9.10. The van der Waals surface area contributed by atoms with Crippen molar-refractivity contribution in [3.8, 4) is 0 Å². The molecule has 0 aromatic heterocycles. The predicted octanol–water partition coefficient (Wildman–Crippen LogP) is 2.79. The van der Waals surface area contributed by atoms with Gasteiger partial charge in [0.15, 0.2) is 0 Å². The maximum atomic E-state index is 11.2. The first-order valence-electron chi connectivity index (χ1n) is 6.06. The third-order valence-electron chi connectivity index (χ3n) is 3.19. The lowest BCUT2D eigenvalue weighted by atomic mass is 10.0. The van der Waals surface area contributed by atoms with Crippen LogP contribution in [-0.4, -0.2) is 29.6 Å². The minimum Gasteiger partial charge on any atom is -0.369 e. The van der Waals surface area contributed by atoms with Crippen molar-refractivity contribution in [2.75, 3.05) is 18.8 Å². The number of carbonyl (C=O) groups excluding carboxylic acids is 1. The summed E-state index contributed by atoms with van der Waals surface area (Å²) in [5.41, 5.74) is 6.64. The fourth-order valence-corrected chi connectivity index (χ4v) is 3.83. The average molecular weight is 329 g/mol. The molecule has 2 N–H and O–H groups in total. The summed E-state index contributed by atoms with van der Waals surface area (Å²) in [5.74, 6) is 0.834. The van der Waals surface area contributed by atoms with Crippen LogP contribution in [0.4, 0.5) is 0 Å². The minimum atomic E-state index is -0.258. The molecule has 0 bridgehead atoms. The number of hydrogen-bond acceptors (Lipinski definition) is 3. The normalized spacial score (nSPS) is 18.7. The smallest absolute Gasteiger partial charge is 0.231 e. The van der Waals surface area contributed by atoms with Crippen LogP contribution in [0.1, 0.15) is 24.9 Å². The van der Waals surface area contributed by atoms with Crippen LogP contribution in [0.25, 0.3) is 0 Å². The van der Waals surface area contributed by atoms with E-state index in [4.69, 9.17) is 5.73 Å². The maximum Gasteiger partial charge on any atom is 0.231 e. The fraction of sp³-hybridized carbons (Fsp3) is 0.462. The second kappa shape index (κ2) is 6.08. The van der Waals surface area contributed by atoms with Gasteiger partial charge in [-0.15, -0.1) is 11.8 Å². The molecule has 1 aliphatic heterocycles. The number of likely N-dealkylation sites (N-methyl/N-ethyl adjacent to an activating group) is 1. The van der Waals surface area contributed by atoms with E-state index in [0.29, 0.717) is 12.6 Å². The van der Waals surface area contributed by atoms with Crippen molar-refractivity contribution < 1.29 is 4.79 Å². The lowest BCUT2D eigenvalue weighted by Crippen LogP contribution is -2.37. The number of rotatable bonds is 4. The number of primary amides is 1. The quantitative estimate of drug-likeness (QED) is 0.924. The molecule has 1 aliphatic rings. The first-order valence-corrected chi connectivity index (χ1v) is 7.84. The van der Waals surface area contributed by atoms with E-state index in [0.717, 1.165) is 23.2 Å². The lowest BCUT2D eigenvalue weighted by molar-refractivity contribution is -0.119. The Morgan fingerprint density at radius 2 is 2.39 bits per heavy atom. The summed E-state index contributed by atoms with van der Waals surface area (Å²) in [6, 6.07) is 6.68. The molecule has 18 heavy (non-hydrogen) atoms. The number of hydrogen-bond donors (Lipinski definition) is 1. The summed E-state index contributed by atoms with van der Waals surface area (Å²) in [7, 11) is 0. The van der Waals surface area contributed by atoms with Crippen LogP contribution >= 0.6 is 27.7 Å². The van der Waals surface area contributed by atoms with E-state index in [-0.39, 0.29) is 5.91 Å². The third kappa shape index (κ3) is 3.08. The molecule has 0 saturated heterocycles.